The summed E-state index contributed by atoms with van der Waals surface area (Å²) < 4.78 is 13.2. The normalized spacial score (nSPS) is 17.7. The summed E-state index contributed by atoms with van der Waals surface area (Å²) in [5.74, 6) is 1.97. The first kappa shape index (κ1) is 26.3. The fraction of sp³-hybridized carbons (Fsp3) is 0.448. The number of nitrogens with zero attached hydrogens (tertiary/aromatic N) is 2. The Bertz CT molecular complexity index is 1120. The van der Waals surface area contributed by atoms with Gasteiger partial charge in [-0.25, -0.2) is 4.79 Å². The van der Waals surface area contributed by atoms with E-state index in [4.69, 9.17) is 19.7 Å². The average molecular weight is 509 g/mol. The van der Waals surface area contributed by atoms with E-state index in [1.165, 1.54) is 11.3 Å². The molecule has 3 aromatic rings. The van der Waals surface area contributed by atoms with E-state index in [2.05, 4.69) is 47.3 Å². The predicted molar refractivity (Wildman–Crippen MR) is 146 cm³/mol. The van der Waals surface area contributed by atoms with E-state index >= 15 is 0 Å². The smallest absolute Gasteiger partial charge is 0.329 e. The van der Waals surface area contributed by atoms with Gasteiger partial charge in [-0.2, -0.15) is 16.9 Å². The lowest BCUT2D eigenvalue weighted by Gasteiger charge is -2.28. The van der Waals surface area contributed by atoms with Crippen molar-refractivity contribution in [1.82, 2.24) is 9.78 Å². The molecule has 6 nitrogen and oxygen atoms in total. The van der Waals surface area contributed by atoms with Crippen molar-refractivity contribution in [3.05, 3.63) is 60.3 Å². The Kier molecular flexibility index (Phi) is 9.47. The number of aromatic nitrogens is 2. The quantitative estimate of drug-likeness (QED) is 0.322. The second-order valence-corrected chi connectivity index (χ2v) is 10.5. The summed E-state index contributed by atoms with van der Waals surface area (Å²) in [6.45, 7) is 1.23. The van der Waals surface area contributed by atoms with Crippen LogP contribution in [-0.4, -0.2) is 53.2 Å². The van der Waals surface area contributed by atoms with Gasteiger partial charge in [0.1, 0.15) is 18.1 Å². The highest BCUT2D eigenvalue weighted by molar-refractivity contribution is 7.98. The third kappa shape index (κ3) is 6.71. The van der Waals surface area contributed by atoms with E-state index in [0.717, 1.165) is 67.0 Å². The predicted octanol–water partition coefficient (Wildman–Crippen LogP) is 6.04. The highest BCUT2D eigenvalue weighted by atomic mass is 32.2. The van der Waals surface area contributed by atoms with Gasteiger partial charge in [0.25, 0.3) is 0 Å². The molecule has 1 N–H and O–H groups in total. The molecule has 1 aliphatic carbocycles. The topological polar surface area (TPSA) is 73.6 Å². The summed E-state index contributed by atoms with van der Waals surface area (Å²) in [6, 6.07) is 18.7. The molecule has 192 valence electrons. The van der Waals surface area contributed by atoms with E-state index < -0.39 is 5.97 Å². The number of carbonyl (C=O) groups is 1. The monoisotopic (exact) mass is 508 g/mol. The lowest BCUT2D eigenvalue weighted by Crippen LogP contribution is -2.24. The van der Waals surface area contributed by atoms with E-state index in [1.807, 2.05) is 30.0 Å². The van der Waals surface area contributed by atoms with E-state index in [9.17, 15) is 4.79 Å². The van der Waals surface area contributed by atoms with Gasteiger partial charge in [-0.1, -0.05) is 42.5 Å². The van der Waals surface area contributed by atoms with Crippen molar-refractivity contribution < 1.29 is 19.4 Å². The van der Waals surface area contributed by atoms with Crippen LogP contribution in [0.15, 0.2) is 54.6 Å². The molecule has 1 saturated carbocycles. The highest BCUT2D eigenvalue weighted by Crippen LogP contribution is 2.38. The highest BCUT2D eigenvalue weighted by Gasteiger charge is 2.26. The zero-order valence-corrected chi connectivity index (χ0v) is 22.0. The number of hydrogen-bond donors (Lipinski definition) is 1. The number of carboxylic acid groups (broad SMARTS) is 1. The summed E-state index contributed by atoms with van der Waals surface area (Å²) in [5, 5.41) is 14.0. The number of thioether (sulfide) groups is 1. The van der Waals surface area contributed by atoms with Crippen molar-refractivity contribution in [2.45, 2.75) is 38.6 Å². The van der Waals surface area contributed by atoms with Crippen LogP contribution < -0.4 is 4.74 Å². The maximum atomic E-state index is 10.7. The van der Waals surface area contributed by atoms with Crippen molar-refractivity contribution in [3.8, 4) is 28.1 Å². The zero-order valence-electron chi connectivity index (χ0n) is 21.2. The third-order valence-electron chi connectivity index (χ3n) is 6.98. The van der Waals surface area contributed by atoms with Gasteiger partial charge >= 0.3 is 5.97 Å². The maximum Gasteiger partial charge on any atom is 0.329 e. The minimum Gasteiger partial charge on any atom is -0.497 e. The van der Waals surface area contributed by atoms with Gasteiger partial charge < -0.3 is 14.6 Å². The molecule has 1 fully saturated rings. The van der Waals surface area contributed by atoms with Crippen LogP contribution in [0.25, 0.3) is 22.4 Å². The van der Waals surface area contributed by atoms with Gasteiger partial charge in [-0.05, 0) is 73.6 Å². The largest absolute Gasteiger partial charge is 0.497 e. The Morgan fingerprint density at radius 2 is 1.78 bits per heavy atom. The Morgan fingerprint density at radius 1 is 1.06 bits per heavy atom. The van der Waals surface area contributed by atoms with E-state index in [1.54, 1.807) is 7.11 Å². The minimum absolute atomic E-state index is 0.207. The number of rotatable bonds is 12. The Labute approximate surface area is 218 Å². The van der Waals surface area contributed by atoms with Crippen LogP contribution in [0.3, 0.4) is 0 Å². The summed E-state index contributed by atoms with van der Waals surface area (Å²) in [7, 11) is 1.71. The maximum absolute atomic E-state index is 10.7. The lowest BCUT2D eigenvalue weighted by molar-refractivity contribution is -0.142. The number of carboxylic acids is 1. The molecule has 0 radical (unpaired) electrons. The number of aliphatic carboxylic acids is 1. The van der Waals surface area contributed by atoms with Crippen LogP contribution in [0.1, 0.15) is 31.4 Å². The van der Waals surface area contributed by atoms with Crippen LogP contribution in [0.5, 0.6) is 5.75 Å². The molecule has 0 unspecified atom stereocenters. The summed E-state index contributed by atoms with van der Waals surface area (Å²) in [6.07, 6.45) is 7.46. The first-order chi connectivity index (χ1) is 17.6. The van der Waals surface area contributed by atoms with Gasteiger partial charge in [0.05, 0.1) is 13.7 Å². The molecule has 7 heteroatoms. The van der Waals surface area contributed by atoms with Crippen LogP contribution in [0, 0.1) is 11.8 Å². The van der Waals surface area contributed by atoms with Crippen molar-refractivity contribution in [2.75, 3.05) is 32.3 Å². The van der Waals surface area contributed by atoms with Gasteiger partial charge in [-0.15, -0.1) is 0 Å². The van der Waals surface area contributed by atoms with Gasteiger partial charge in [0.2, 0.25) is 0 Å². The second-order valence-electron chi connectivity index (χ2n) is 9.49. The van der Waals surface area contributed by atoms with Crippen LogP contribution >= 0.6 is 11.8 Å². The Morgan fingerprint density at radius 3 is 2.47 bits per heavy atom. The Hall–Kier alpha value is -2.77. The first-order valence-electron chi connectivity index (χ1n) is 12.7. The third-order valence-corrected chi connectivity index (χ3v) is 7.60. The molecule has 0 aliphatic heterocycles. The van der Waals surface area contributed by atoms with E-state index in [-0.39, 0.29) is 6.61 Å². The summed E-state index contributed by atoms with van der Waals surface area (Å²) in [5.41, 5.74) is 5.76. The SMILES string of the molecule is COc1cccc(-c2c(-c3ccccc3)nn(C[C@H]3CC[C@H](COCC(=O)O)CC3)c2CCSC)c1. The van der Waals surface area contributed by atoms with Gasteiger partial charge in [-0.3, -0.25) is 4.68 Å². The average Bonchev–Trinajstić information content (AvgIpc) is 3.26. The molecule has 4 rings (SSSR count). The van der Waals surface area contributed by atoms with Crippen molar-refractivity contribution >= 4 is 17.7 Å². The molecule has 0 saturated heterocycles. The molecule has 1 heterocycles. The molecule has 1 aliphatic rings. The van der Waals surface area contributed by atoms with Crippen molar-refractivity contribution in [3.63, 3.8) is 0 Å². The molecular weight excluding hydrogens is 472 g/mol. The number of ether oxygens (including phenoxy) is 2. The van der Waals surface area contributed by atoms with Crippen LogP contribution in [-0.2, 0) is 22.5 Å². The standard InChI is InChI=1S/C29H36N2O4S/c1-34-25-10-6-9-24(17-25)28-26(15-16-36-2)31(30-29(28)23-7-4-3-5-8-23)18-21-11-13-22(14-12-21)19-35-20-27(32)33/h3-10,17,21-22H,11-16,18-20H2,1-2H3,(H,32,33)/t21-,22-. The molecular formula is C29H36N2O4S. The molecule has 0 atom stereocenters. The molecule has 1 aromatic heterocycles. The van der Waals surface area contributed by atoms with Crippen LogP contribution in [0.2, 0.25) is 0 Å². The minimum atomic E-state index is -0.902. The van der Waals surface area contributed by atoms with Crippen molar-refractivity contribution in [2.24, 2.45) is 11.8 Å². The van der Waals surface area contributed by atoms with Crippen LogP contribution in [0.4, 0.5) is 0 Å². The molecule has 2 aromatic carbocycles. The fourth-order valence-electron chi connectivity index (χ4n) is 5.12. The number of methoxy groups -OCH3 is 1. The Balaban J connectivity index is 1.62. The van der Waals surface area contributed by atoms with E-state index in [0.29, 0.717) is 18.4 Å². The molecule has 0 spiro atoms. The zero-order chi connectivity index (χ0) is 25.3. The summed E-state index contributed by atoms with van der Waals surface area (Å²) in [4.78, 5) is 10.7. The van der Waals surface area contributed by atoms with Gasteiger partial charge in [0, 0.05) is 23.4 Å². The number of hydrogen-bond acceptors (Lipinski definition) is 5. The van der Waals surface area contributed by atoms with Gasteiger partial charge in [0.15, 0.2) is 0 Å². The first-order valence-corrected chi connectivity index (χ1v) is 14.1. The van der Waals surface area contributed by atoms with Crippen molar-refractivity contribution in [1.29, 1.82) is 0 Å². The number of benzene rings is 2. The fourth-order valence-corrected chi connectivity index (χ4v) is 5.52. The molecule has 0 bridgehead atoms. The lowest BCUT2D eigenvalue weighted by atomic mass is 9.82. The molecule has 36 heavy (non-hydrogen) atoms. The summed E-state index contributed by atoms with van der Waals surface area (Å²) >= 11 is 1.86. The second kappa shape index (κ2) is 13.0. The molecule has 0 amide bonds.